The molecular weight excluding hydrogens is 440 g/mol. The number of aliphatic hydroxyl groups is 1. The standard InChI is InChI=1S/C32H50O2.C2H6/c1-9-14-21-34-29-19-18-28(23-25(29)7)32(12-4,13-5)27-17-15-26(24(6)22-27)16-20-30(33)31(8,10-2)11-3;1-2/h15,17-19,22-23,30,33H,9-14,16,20-21H2,1-8H3;1-2H3. The monoisotopic (exact) mass is 496 g/mol. The first-order chi connectivity index (χ1) is 17.2. The van der Waals surface area contributed by atoms with E-state index < -0.39 is 0 Å². The molecule has 2 nitrogen and oxygen atoms in total. The van der Waals surface area contributed by atoms with Crippen molar-refractivity contribution in [1.82, 2.24) is 0 Å². The van der Waals surface area contributed by atoms with E-state index in [1.807, 2.05) is 13.8 Å². The van der Waals surface area contributed by atoms with Crippen molar-refractivity contribution in [2.45, 2.75) is 132 Å². The Morgan fingerprint density at radius 3 is 1.83 bits per heavy atom. The third-order valence-corrected chi connectivity index (χ3v) is 8.69. The second kappa shape index (κ2) is 15.5. The topological polar surface area (TPSA) is 29.5 Å². The number of aliphatic hydroxyl groups excluding tert-OH is 1. The lowest BCUT2D eigenvalue weighted by Crippen LogP contribution is -2.31. The van der Waals surface area contributed by atoms with Gasteiger partial charge in [0.05, 0.1) is 12.7 Å². The lowest BCUT2D eigenvalue weighted by Gasteiger charge is -2.35. The number of hydrogen-bond acceptors (Lipinski definition) is 2. The summed E-state index contributed by atoms with van der Waals surface area (Å²) < 4.78 is 6.02. The van der Waals surface area contributed by atoms with E-state index in [-0.39, 0.29) is 16.9 Å². The number of hydrogen-bond donors (Lipinski definition) is 1. The van der Waals surface area contributed by atoms with Crippen molar-refractivity contribution in [3.05, 3.63) is 64.2 Å². The Morgan fingerprint density at radius 1 is 0.806 bits per heavy atom. The van der Waals surface area contributed by atoms with Gasteiger partial charge in [-0.05, 0) is 98.1 Å². The minimum atomic E-state index is -0.256. The van der Waals surface area contributed by atoms with Crippen LogP contribution in [0.15, 0.2) is 36.4 Å². The summed E-state index contributed by atoms with van der Waals surface area (Å²) in [7, 11) is 0. The van der Waals surface area contributed by atoms with Crippen molar-refractivity contribution in [2.24, 2.45) is 5.41 Å². The summed E-state index contributed by atoms with van der Waals surface area (Å²) in [6, 6.07) is 13.8. The highest BCUT2D eigenvalue weighted by molar-refractivity contribution is 5.47. The van der Waals surface area contributed by atoms with Crippen molar-refractivity contribution < 1.29 is 9.84 Å². The van der Waals surface area contributed by atoms with Crippen molar-refractivity contribution in [1.29, 1.82) is 0 Å². The molecule has 0 saturated heterocycles. The minimum Gasteiger partial charge on any atom is -0.493 e. The molecule has 0 aromatic heterocycles. The van der Waals surface area contributed by atoms with Gasteiger partial charge in [-0.3, -0.25) is 0 Å². The van der Waals surface area contributed by atoms with Gasteiger partial charge in [-0.15, -0.1) is 0 Å². The van der Waals surface area contributed by atoms with E-state index in [1.54, 1.807) is 0 Å². The number of rotatable bonds is 14. The van der Waals surface area contributed by atoms with Crippen molar-refractivity contribution in [2.75, 3.05) is 6.61 Å². The highest BCUT2D eigenvalue weighted by Crippen LogP contribution is 2.41. The van der Waals surface area contributed by atoms with Crippen LogP contribution in [0.2, 0.25) is 0 Å². The van der Waals surface area contributed by atoms with Crippen LogP contribution in [0, 0.1) is 19.3 Å². The molecule has 204 valence electrons. The van der Waals surface area contributed by atoms with Crippen molar-refractivity contribution in [3.63, 3.8) is 0 Å². The number of unbranched alkanes of at least 4 members (excludes halogenated alkanes) is 1. The Bertz CT molecular complexity index is 890. The van der Waals surface area contributed by atoms with Gasteiger partial charge in [-0.1, -0.05) is 92.1 Å². The van der Waals surface area contributed by atoms with Gasteiger partial charge in [0, 0.05) is 5.41 Å². The highest BCUT2D eigenvalue weighted by atomic mass is 16.5. The van der Waals surface area contributed by atoms with E-state index in [2.05, 4.69) is 91.8 Å². The maximum Gasteiger partial charge on any atom is 0.122 e. The molecule has 0 saturated carbocycles. The van der Waals surface area contributed by atoms with Gasteiger partial charge in [0.2, 0.25) is 0 Å². The van der Waals surface area contributed by atoms with Crippen molar-refractivity contribution in [3.8, 4) is 5.75 Å². The summed E-state index contributed by atoms with van der Waals surface area (Å²) in [5.41, 5.74) is 6.69. The maximum atomic E-state index is 10.8. The molecule has 2 heteroatoms. The summed E-state index contributed by atoms with van der Waals surface area (Å²) >= 11 is 0. The Kier molecular flexibility index (Phi) is 13.8. The lowest BCUT2D eigenvalue weighted by molar-refractivity contribution is 0.0249. The molecule has 0 fully saturated rings. The molecular formula is C34H56O2. The summed E-state index contributed by atoms with van der Waals surface area (Å²) in [6.07, 6.45) is 7.88. The SMILES string of the molecule is CC.CCCCOc1ccc(C(CC)(CC)c2ccc(CCC(O)C(C)(CC)CC)c(C)c2)cc1C. The van der Waals surface area contributed by atoms with Gasteiger partial charge in [-0.2, -0.15) is 0 Å². The molecule has 1 N–H and O–H groups in total. The van der Waals surface area contributed by atoms with Crippen LogP contribution in [0.5, 0.6) is 5.75 Å². The average molecular weight is 497 g/mol. The Morgan fingerprint density at radius 2 is 1.36 bits per heavy atom. The average Bonchev–Trinajstić information content (AvgIpc) is 2.91. The first kappa shape index (κ1) is 32.2. The first-order valence-corrected chi connectivity index (χ1v) is 14.7. The van der Waals surface area contributed by atoms with Crippen LogP contribution >= 0.6 is 0 Å². The quantitative estimate of drug-likeness (QED) is 0.264. The largest absolute Gasteiger partial charge is 0.493 e. The van der Waals surface area contributed by atoms with Gasteiger partial charge in [0.25, 0.3) is 0 Å². The summed E-state index contributed by atoms with van der Waals surface area (Å²) in [6.45, 7) is 22.6. The zero-order valence-corrected chi connectivity index (χ0v) is 25.3. The molecule has 0 aliphatic carbocycles. The Balaban J connectivity index is 0.00000316. The normalized spacial score (nSPS) is 12.6. The predicted octanol–water partition coefficient (Wildman–Crippen LogP) is 9.73. The van der Waals surface area contributed by atoms with Gasteiger partial charge < -0.3 is 9.84 Å². The van der Waals surface area contributed by atoms with Crippen LogP contribution in [0.3, 0.4) is 0 Å². The second-order valence-electron chi connectivity index (χ2n) is 10.5. The molecule has 2 aromatic carbocycles. The summed E-state index contributed by atoms with van der Waals surface area (Å²) in [4.78, 5) is 0. The summed E-state index contributed by atoms with van der Waals surface area (Å²) in [5.74, 6) is 1.01. The predicted molar refractivity (Wildman–Crippen MR) is 158 cm³/mol. The minimum absolute atomic E-state index is 0.00148. The molecule has 0 aliphatic rings. The molecule has 0 aliphatic heterocycles. The third-order valence-electron chi connectivity index (χ3n) is 8.69. The zero-order valence-electron chi connectivity index (χ0n) is 25.3. The fraction of sp³-hybridized carbons (Fsp3) is 0.647. The highest BCUT2D eigenvalue weighted by Gasteiger charge is 2.32. The molecule has 36 heavy (non-hydrogen) atoms. The molecule has 0 radical (unpaired) electrons. The third kappa shape index (κ3) is 7.60. The van der Waals surface area contributed by atoms with Crippen molar-refractivity contribution >= 4 is 0 Å². The number of benzene rings is 2. The molecule has 0 spiro atoms. The second-order valence-corrected chi connectivity index (χ2v) is 10.5. The molecule has 2 rings (SSSR count). The molecule has 2 aromatic rings. The van der Waals surface area contributed by atoms with Crippen LogP contribution in [-0.4, -0.2) is 17.8 Å². The van der Waals surface area contributed by atoms with E-state index in [9.17, 15) is 5.11 Å². The molecule has 0 heterocycles. The van der Waals surface area contributed by atoms with Gasteiger partial charge in [0.1, 0.15) is 5.75 Å². The van der Waals surface area contributed by atoms with Crippen LogP contribution < -0.4 is 4.74 Å². The van der Waals surface area contributed by atoms with E-state index in [1.165, 1.54) is 27.8 Å². The Labute approximate surface area is 223 Å². The number of ether oxygens (including phenoxy) is 1. The number of aryl methyl sites for hydroxylation is 3. The molecule has 0 amide bonds. The van der Waals surface area contributed by atoms with E-state index >= 15 is 0 Å². The van der Waals surface area contributed by atoms with Crippen LogP contribution in [0.25, 0.3) is 0 Å². The fourth-order valence-electron chi connectivity index (χ4n) is 5.30. The Hall–Kier alpha value is -1.80. The van der Waals surface area contributed by atoms with Gasteiger partial charge in [-0.25, -0.2) is 0 Å². The van der Waals surface area contributed by atoms with Crippen LogP contribution in [-0.2, 0) is 11.8 Å². The smallest absolute Gasteiger partial charge is 0.122 e. The van der Waals surface area contributed by atoms with Crippen LogP contribution in [0.1, 0.15) is 128 Å². The fourth-order valence-corrected chi connectivity index (χ4v) is 5.30. The summed E-state index contributed by atoms with van der Waals surface area (Å²) in [5, 5.41) is 10.8. The van der Waals surface area contributed by atoms with Crippen LogP contribution in [0.4, 0.5) is 0 Å². The first-order valence-electron chi connectivity index (χ1n) is 14.7. The van der Waals surface area contributed by atoms with E-state index in [4.69, 9.17) is 4.74 Å². The zero-order chi connectivity index (χ0) is 27.4. The molecule has 0 bridgehead atoms. The maximum absolute atomic E-state index is 10.8. The van der Waals surface area contributed by atoms with Gasteiger partial charge >= 0.3 is 0 Å². The molecule has 1 atom stereocenters. The van der Waals surface area contributed by atoms with E-state index in [0.29, 0.717) is 0 Å². The van der Waals surface area contributed by atoms with Gasteiger partial charge in [0.15, 0.2) is 0 Å². The van der Waals surface area contributed by atoms with E-state index in [0.717, 1.165) is 63.7 Å². The molecule has 1 unspecified atom stereocenters. The lowest BCUT2D eigenvalue weighted by atomic mass is 9.69.